The first kappa shape index (κ1) is 20.4. The second kappa shape index (κ2) is 13.5. The van der Waals surface area contributed by atoms with Gasteiger partial charge >= 0.3 is 0 Å². The molecule has 0 aromatic rings. The van der Waals surface area contributed by atoms with Crippen LogP contribution in [-0.4, -0.2) is 5.25 Å². The number of thioether (sulfide) groups is 1. The Hall–Kier alpha value is -0.950. The highest BCUT2D eigenvalue weighted by atomic mass is 32.2. The second-order valence-corrected chi connectivity index (χ2v) is 4.61. The fourth-order valence-corrected chi connectivity index (χ4v) is 2.99. The van der Waals surface area contributed by atoms with Crippen LogP contribution in [0.25, 0.3) is 0 Å². The Balaban J connectivity index is 0. The highest BCUT2D eigenvalue weighted by molar-refractivity contribution is 8.04. The average molecular weight is 279 g/mol. The van der Waals surface area contributed by atoms with Gasteiger partial charge in [-0.3, -0.25) is 0 Å². The molecule has 0 spiro atoms. The normalized spacial score (nSPS) is 21.8. The first-order chi connectivity index (χ1) is 9.28. The van der Waals surface area contributed by atoms with Crippen molar-refractivity contribution in [2.24, 2.45) is 5.92 Å². The summed E-state index contributed by atoms with van der Waals surface area (Å²) in [5, 5.41) is 0.445. The maximum absolute atomic E-state index is 3.90. The van der Waals surface area contributed by atoms with Crippen molar-refractivity contribution in [3.05, 3.63) is 60.1 Å². The zero-order valence-corrected chi connectivity index (χ0v) is 14.3. The summed E-state index contributed by atoms with van der Waals surface area (Å²) in [6.07, 6.45) is 12.6. The van der Waals surface area contributed by atoms with Gasteiger partial charge in [-0.05, 0) is 19.4 Å². The first-order valence-corrected chi connectivity index (χ1v) is 8.07. The predicted octanol–water partition coefficient (Wildman–Crippen LogP) is 6.55. The van der Waals surface area contributed by atoms with Crippen molar-refractivity contribution in [1.29, 1.82) is 0 Å². The summed E-state index contributed by atoms with van der Waals surface area (Å²) in [6.45, 7) is 19.9. The highest BCUT2D eigenvalue weighted by Gasteiger charge is 2.28. The molecule has 0 saturated heterocycles. The van der Waals surface area contributed by atoms with Crippen molar-refractivity contribution in [3.8, 4) is 0 Å². The third-order valence-corrected chi connectivity index (χ3v) is 3.84. The monoisotopic (exact) mass is 278 g/mol. The SMILES string of the molecule is C=CC1=C(/C=C\C)C(/C=C\C)C(C=C)S1.CC.CC. The van der Waals surface area contributed by atoms with Crippen LogP contribution < -0.4 is 0 Å². The molecular formula is C18H30S. The van der Waals surface area contributed by atoms with E-state index in [1.807, 2.05) is 58.5 Å². The van der Waals surface area contributed by atoms with E-state index in [4.69, 9.17) is 0 Å². The summed E-state index contributed by atoms with van der Waals surface area (Å²) in [7, 11) is 0. The van der Waals surface area contributed by atoms with Crippen LogP contribution in [0.3, 0.4) is 0 Å². The Labute approximate surface area is 125 Å². The van der Waals surface area contributed by atoms with Gasteiger partial charge in [-0.2, -0.15) is 0 Å². The molecule has 0 amide bonds. The maximum Gasteiger partial charge on any atom is 0.0375 e. The molecule has 0 fully saturated rings. The largest absolute Gasteiger partial charge is 0.117 e. The molecule has 19 heavy (non-hydrogen) atoms. The van der Waals surface area contributed by atoms with Gasteiger partial charge in [0.25, 0.3) is 0 Å². The van der Waals surface area contributed by atoms with Gasteiger partial charge in [0.15, 0.2) is 0 Å². The molecular weight excluding hydrogens is 248 g/mol. The average Bonchev–Trinajstić information content (AvgIpc) is 2.82. The van der Waals surface area contributed by atoms with E-state index in [0.717, 1.165) is 0 Å². The van der Waals surface area contributed by atoms with Gasteiger partial charge in [-0.15, -0.1) is 18.3 Å². The van der Waals surface area contributed by atoms with E-state index >= 15 is 0 Å². The van der Waals surface area contributed by atoms with Gasteiger partial charge in [-0.25, -0.2) is 0 Å². The summed E-state index contributed by atoms with van der Waals surface area (Å²) < 4.78 is 0. The summed E-state index contributed by atoms with van der Waals surface area (Å²) in [4.78, 5) is 1.28. The quantitative estimate of drug-likeness (QED) is 0.525. The molecule has 0 saturated carbocycles. The van der Waals surface area contributed by atoms with E-state index in [2.05, 4.69) is 44.4 Å². The molecule has 0 aliphatic carbocycles. The molecule has 0 nitrogen and oxygen atoms in total. The molecule has 1 rings (SSSR count). The van der Waals surface area contributed by atoms with Crippen LogP contribution in [0.4, 0.5) is 0 Å². The summed E-state index contributed by atoms with van der Waals surface area (Å²) in [5.74, 6) is 0.446. The van der Waals surface area contributed by atoms with Crippen LogP contribution in [0, 0.1) is 5.92 Å². The molecule has 1 heteroatoms. The van der Waals surface area contributed by atoms with Crippen molar-refractivity contribution in [2.45, 2.75) is 46.8 Å². The Morgan fingerprint density at radius 2 is 1.58 bits per heavy atom. The Morgan fingerprint density at radius 1 is 1.00 bits per heavy atom. The van der Waals surface area contributed by atoms with E-state index in [0.29, 0.717) is 11.2 Å². The van der Waals surface area contributed by atoms with Gasteiger partial charge in [0.1, 0.15) is 0 Å². The zero-order valence-electron chi connectivity index (χ0n) is 13.4. The van der Waals surface area contributed by atoms with Crippen LogP contribution in [-0.2, 0) is 0 Å². The smallest absolute Gasteiger partial charge is 0.0375 e. The summed E-state index contributed by atoms with van der Waals surface area (Å²) in [6, 6.07) is 0. The van der Waals surface area contributed by atoms with Crippen LogP contribution in [0.2, 0.25) is 0 Å². The third kappa shape index (κ3) is 6.15. The minimum Gasteiger partial charge on any atom is -0.117 e. The summed E-state index contributed by atoms with van der Waals surface area (Å²) in [5.41, 5.74) is 1.36. The van der Waals surface area contributed by atoms with Crippen molar-refractivity contribution >= 4 is 11.8 Å². The molecule has 2 unspecified atom stereocenters. The fraction of sp³-hybridized carbons (Fsp3) is 0.444. The molecule has 0 radical (unpaired) electrons. The number of allylic oxidation sites excluding steroid dienone is 6. The Bertz CT molecular complexity index is 332. The molecule has 0 aromatic carbocycles. The second-order valence-electron chi connectivity index (χ2n) is 3.39. The van der Waals surface area contributed by atoms with Gasteiger partial charge in [-0.1, -0.05) is 70.7 Å². The molecule has 0 bridgehead atoms. The van der Waals surface area contributed by atoms with Gasteiger partial charge in [0, 0.05) is 16.1 Å². The van der Waals surface area contributed by atoms with E-state index in [-0.39, 0.29) is 0 Å². The minimum atomic E-state index is 0.445. The molecule has 0 aromatic heterocycles. The van der Waals surface area contributed by atoms with Crippen LogP contribution in [0.5, 0.6) is 0 Å². The van der Waals surface area contributed by atoms with Crippen molar-refractivity contribution in [3.63, 3.8) is 0 Å². The van der Waals surface area contributed by atoms with E-state index in [9.17, 15) is 0 Å². The Morgan fingerprint density at radius 3 is 1.95 bits per heavy atom. The lowest BCUT2D eigenvalue weighted by molar-refractivity contribution is 0.828. The van der Waals surface area contributed by atoms with Crippen molar-refractivity contribution in [1.82, 2.24) is 0 Å². The summed E-state index contributed by atoms with van der Waals surface area (Å²) >= 11 is 1.85. The fourth-order valence-electron chi connectivity index (χ4n) is 1.78. The van der Waals surface area contributed by atoms with Crippen molar-refractivity contribution in [2.75, 3.05) is 0 Å². The predicted molar refractivity (Wildman–Crippen MR) is 94.6 cm³/mol. The van der Waals surface area contributed by atoms with E-state index in [1.54, 1.807) is 0 Å². The Kier molecular flexibility index (Phi) is 14.5. The molecule has 108 valence electrons. The standard InChI is InChI=1S/C14H18S.2C2H6/c1-5-9-11-12(10-6-2)14(8-4)15-13(11)7-3;2*1-2/h5-11,13H,3-4H2,1-2H3;2*1-2H3/b9-5-,10-6-;;. The molecule has 2 atom stereocenters. The van der Waals surface area contributed by atoms with Crippen LogP contribution >= 0.6 is 11.8 Å². The third-order valence-electron chi connectivity index (χ3n) is 2.42. The van der Waals surface area contributed by atoms with Gasteiger partial charge < -0.3 is 0 Å². The minimum absolute atomic E-state index is 0.445. The van der Waals surface area contributed by atoms with Crippen LogP contribution in [0.15, 0.2) is 60.1 Å². The van der Waals surface area contributed by atoms with E-state index < -0.39 is 0 Å². The van der Waals surface area contributed by atoms with Gasteiger partial charge in [0.2, 0.25) is 0 Å². The lowest BCUT2D eigenvalue weighted by Crippen LogP contribution is -2.08. The highest BCUT2D eigenvalue weighted by Crippen LogP contribution is 2.44. The number of rotatable bonds is 4. The molecule has 0 N–H and O–H groups in total. The maximum atomic E-state index is 3.90. The first-order valence-electron chi connectivity index (χ1n) is 7.19. The molecule has 1 heterocycles. The van der Waals surface area contributed by atoms with Crippen molar-refractivity contribution < 1.29 is 0 Å². The van der Waals surface area contributed by atoms with Crippen LogP contribution in [0.1, 0.15) is 41.5 Å². The number of hydrogen-bond donors (Lipinski definition) is 0. The lowest BCUT2D eigenvalue weighted by Gasteiger charge is -2.12. The lowest BCUT2D eigenvalue weighted by atomic mass is 9.94. The zero-order chi connectivity index (χ0) is 15.3. The molecule has 1 aliphatic heterocycles. The number of hydrogen-bond acceptors (Lipinski definition) is 1. The van der Waals surface area contributed by atoms with Gasteiger partial charge in [0.05, 0.1) is 0 Å². The molecule has 1 aliphatic rings. The topological polar surface area (TPSA) is 0 Å². The van der Waals surface area contributed by atoms with E-state index in [1.165, 1.54) is 10.5 Å².